The minimum atomic E-state index is -1.32. The Morgan fingerprint density at radius 3 is 2.65 bits per heavy atom. The van der Waals surface area contributed by atoms with Crippen LogP contribution in [-0.4, -0.2) is 74.2 Å². The van der Waals surface area contributed by atoms with Crippen molar-refractivity contribution in [3.05, 3.63) is 41.1 Å². The van der Waals surface area contributed by atoms with Crippen molar-refractivity contribution in [2.75, 3.05) is 0 Å². The number of fused-ring (bicyclic) bond motifs is 1. The van der Waals surface area contributed by atoms with E-state index < -0.39 is 54.1 Å². The van der Waals surface area contributed by atoms with E-state index in [1.54, 1.807) is 0 Å². The summed E-state index contributed by atoms with van der Waals surface area (Å²) in [5.74, 6) is -4.28. The number of hydrogen-bond acceptors (Lipinski definition) is 7. The summed E-state index contributed by atoms with van der Waals surface area (Å²) in [5, 5.41) is 25.0. The number of phenols is 1. The molecule has 3 rings (SSSR count). The summed E-state index contributed by atoms with van der Waals surface area (Å²) in [6, 6.07) is -0.00984. The first-order valence-corrected chi connectivity index (χ1v) is 10.6. The molecule has 0 unspecified atom stereocenters. The number of aldehydes is 1. The number of aromatic hydroxyl groups is 1. The highest BCUT2D eigenvalue weighted by Crippen LogP contribution is 2.26. The zero-order valence-corrected chi connectivity index (χ0v) is 18.4. The summed E-state index contributed by atoms with van der Waals surface area (Å²) in [5.41, 5.74) is 0.0679. The molecular weight excluding hydrogens is 472 g/mol. The smallest absolute Gasteiger partial charge is 0.305 e. The van der Waals surface area contributed by atoms with Gasteiger partial charge in [0.15, 0.2) is 0 Å². The van der Waals surface area contributed by atoms with Crippen molar-refractivity contribution in [1.82, 2.24) is 20.7 Å². The highest BCUT2D eigenvalue weighted by molar-refractivity contribution is 6.32. The molecule has 1 fully saturated rings. The molecule has 12 nitrogen and oxygen atoms in total. The highest BCUT2D eigenvalue weighted by Gasteiger charge is 2.43. The number of hydrogen-bond donors (Lipinski definition) is 4. The second-order valence-electron chi connectivity index (χ2n) is 7.64. The molecule has 2 aliphatic heterocycles. The van der Waals surface area contributed by atoms with E-state index in [4.69, 9.17) is 16.7 Å². The van der Waals surface area contributed by atoms with E-state index in [2.05, 4.69) is 10.6 Å². The topological polar surface area (TPSA) is 173 Å². The Balaban J connectivity index is 1.83. The number of phenolic OH excluding ortho intramolecular Hbond substituents is 1. The quantitative estimate of drug-likeness (QED) is 0.383. The fourth-order valence-electron chi connectivity index (χ4n) is 3.58. The van der Waals surface area contributed by atoms with Crippen LogP contribution in [-0.2, 0) is 24.0 Å². The van der Waals surface area contributed by atoms with Crippen LogP contribution >= 0.6 is 11.6 Å². The predicted octanol–water partition coefficient (Wildman–Crippen LogP) is -0.0456. The number of halogens is 1. The van der Waals surface area contributed by atoms with E-state index in [0.717, 1.165) is 10.0 Å². The summed E-state index contributed by atoms with van der Waals surface area (Å²) in [7, 11) is 0. The first kappa shape index (κ1) is 24.7. The van der Waals surface area contributed by atoms with Crippen molar-refractivity contribution in [3.63, 3.8) is 0 Å². The minimum Gasteiger partial charge on any atom is -0.506 e. The van der Waals surface area contributed by atoms with E-state index in [0.29, 0.717) is 0 Å². The largest absolute Gasteiger partial charge is 0.506 e. The molecule has 1 aromatic carbocycles. The van der Waals surface area contributed by atoms with Gasteiger partial charge in [-0.3, -0.25) is 24.0 Å². The molecule has 34 heavy (non-hydrogen) atoms. The third kappa shape index (κ3) is 5.34. The van der Waals surface area contributed by atoms with Gasteiger partial charge in [-0.05, 0) is 31.0 Å². The molecule has 13 heteroatoms. The second-order valence-corrected chi connectivity index (χ2v) is 8.04. The Bertz CT molecular complexity index is 1070. The molecule has 1 aromatic rings. The van der Waals surface area contributed by atoms with E-state index in [9.17, 15) is 33.9 Å². The van der Waals surface area contributed by atoms with Gasteiger partial charge in [0.25, 0.3) is 11.8 Å². The van der Waals surface area contributed by atoms with Gasteiger partial charge in [-0.15, -0.1) is 0 Å². The van der Waals surface area contributed by atoms with Crippen molar-refractivity contribution in [2.45, 2.75) is 43.8 Å². The molecule has 4 amide bonds. The number of amides is 4. The Hall–Kier alpha value is -3.93. The molecule has 0 bridgehead atoms. The molecule has 2 aliphatic rings. The van der Waals surface area contributed by atoms with Crippen LogP contribution in [0.4, 0.5) is 0 Å². The number of carboxylic acids is 1. The van der Waals surface area contributed by atoms with Gasteiger partial charge < -0.3 is 25.6 Å². The Morgan fingerprint density at radius 1 is 1.26 bits per heavy atom. The van der Waals surface area contributed by atoms with Gasteiger partial charge >= 0.3 is 5.97 Å². The molecule has 1 saturated heterocycles. The SMILES string of the molecule is O=C[C@H](CC(=O)O)NC(=O)[C@@H]1CC=CN2C(=O)CC[C@H](NC(=O)c3ccc(O)c(Cl)c3)C(=O)N12. The second kappa shape index (κ2) is 10.3. The lowest BCUT2D eigenvalue weighted by atomic mass is 10.1. The van der Waals surface area contributed by atoms with Crippen LogP contribution in [0.25, 0.3) is 0 Å². The van der Waals surface area contributed by atoms with Crippen LogP contribution in [0.1, 0.15) is 36.0 Å². The van der Waals surface area contributed by atoms with Crippen LogP contribution in [0.3, 0.4) is 0 Å². The molecule has 180 valence electrons. The third-order valence-corrected chi connectivity index (χ3v) is 5.57. The lowest BCUT2D eigenvalue weighted by Gasteiger charge is -2.39. The maximum atomic E-state index is 13.3. The molecule has 0 spiro atoms. The van der Waals surface area contributed by atoms with Gasteiger partial charge in [-0.1, -0.05) is 17.7 Å². The molecule has 4 N–H and O–H groups in total. The van der Waals surface area contributed by atoms with Crippen LogP contribution in [0.15, 0.2) is 30.5 Å². The van der Waals surface area contributed by atoms with E-state index in [-0.39, 0.29) is 41.9 Å². The molecular formula is C21H21ClN4O8. The Labute approximate surface area is 198 Å². The van der Waals surface area contributed by atoms with E-state index in [1.807, 2.05) is 0 Å². The highest BCUT2D eigenvalue weighted by atomic mass is 35.5. The van der Waals surface area contributed by atoms with Gasteiger partial charge in [0.2, 0.25) is 11.8 Å². The molecule has 2 heterocycles. The number of benzene rings is 1. The van der Waals surface area contributed by atoms with Gasteiger partial charge in [0.1, 0.15) is 24.1 Å². The average molecular weight is 493 g/mol. The summed E-state index contributed by atoms with van der Waals surface area (Å²) in [6.45, 7) is 0. The number of rotatable bonds is 7. The Morgan fingerprint density at radius 2 is 2.00 bits per heavy atom. The van der Waals surface area contributed by atoms with Crippen LogP contribution in [0.5, 0.6) is 5.75 Å². The molecule has 0 aliphatic carbocycles. The number of nitrogens with one attached hydrogen (secondary N) is 2. The maximum absolute atomic E-state index is 13.3. The summed E-state index contributed by atoms with van der Waals surface area (Å²) < 4.78 is 0. The monoisotopic (exact) mass is 492 g/mol. The summed E-state index contributed by atoms with van der Waals surface area (Å²) in [6.07, 6.45) is 2.29. The summed E-state index contributed by atoms with van der Waals surface area (Å²) in [4.78, 5) is 73.5. The number of carbonyl (C=O) groups excluding carboxylic acids is 5. The van der Waals surface area contributed by atoms with Crippen molar-refractivity contribution in [1.29, 1.82) is 0 Å². The predicted molar refractivity (Wildman–Crippen MR) is 115 cm³/mol. The van der Waals surface area contributed by atoms with Gasteiger partial charge in [-0.25, -0.2) is 10.0 Å². The molecule has 0 radical (unpaired) electrons. The molecule has 3 atom stereocenters. The zero-order chi connectivity index (χ0) is 25.0. The maximum Gasteiger partial charge on any atom is 0.305 e. The van der Waals surface area contributed by atoms with Crippen molar-refractivity contribution in [2.24, 2.45) is 0 Å². The first-order valence-electron chi connectivity index (χ1n) is 10.2. The number of hydrazine groups is 1. The normalized spacial score (nSPS) is 20.7. The first-order chi connectivity index (χ1) is 16.1. The number of nitrogens with zero attached hydrogens (tertiary/aromatic N) is 2. The fourth-order valence-corrected chi connectivity index (χ4v) is 3.76. The lowest BCUT2D eigenvalue weighted by Crippen LogP contribution is -2.62. The number of carboxylic acid groups (broad SMARTS) is 1. The third-order valence-electron chi connectivity index (χ3n) is 5.26. The van der Waals surface area contributed by atoms with Crippen molar-refractivity contribution in [3.8, 4) is 5.75 Å². The fraction of sp³-hybridized carbons (Fsp3) is 0.333. The minimum absolute atomic E-state index is 0.00572. The number of aliphatic carboxylic acids is 1. The van der Waals surface area contributed by atoms with Crippen molar-refractivity contribution < 1.29 is 39.0 Å². The summed E-state index contributed by atoms with van der Waals surface area (Å²) >= 11 is 5.83. The van der Waals surface area contributed by atoms with Gasteiger partial charge in [-0.2, -0.15) is 0 Å². The zero-order valence-electron chi connectivity index (χ0n) is 17.6. The van der Waals surface area contributed by atoms with E-state index >= 15 is 0 Å². The molecule has 0 saturated carbocycles. The van der Waals surface area contributed by atoms with Crippen LogP contribution < -0.4 is 10.6 Å². The average Bonchev–Trinajstić information content (AvgIpc) is 2.92. The lowest BCUT2D eigenvalue weighted by molar-refractivity contribution is -0.166. The molecule has 0 aromatic heterocycles. The number of carbonyl (C=O) groups is 6. The van der Waals surface area contributed by atoms with Crippen LogP contribution in [0, 0.1) is 0 Å². The van der Waals surface area contributed by atoms with Crippen LogP contribution in [0.2, 0.25) is 5.02 Å². The van der Waals surface area contributed by atoms with Crippen molar-refractivity contribution >= 4 is 47.5 Å². The van der Waals surface area contributed by atoms with Gasteiger partial charge in [0, 0.05) is 18.2 Å². The standard InChI is InChI=1S/C21H21ClN4O8/c22-13-8-11(3-5-16(13)28)19(32)24-14-4-6-17(29)25-7-1-2-15(26(25)21(14)34)20(33)23-12(10-27)9-18(30)31/h1,3,5,7-8,10,12,14-15,28H,2,4,6,9H2,(H,23,33)(H,24,32)(H,30,31)/t12-,14-,15-/m0/s1. The Kier molecular flexibility index (Phi) is 7.51. The van der Waals surface area contributed by atoms with E-state index in [1.165, 1.54) is 30.5 Å². The van der Waals surface area contributed by atoms with Gasteiger partial charge in [0.05, 0.1) is 17.5 Å².